The molecule has 0 unspecified atom stereocenters. The summed E-state index contributed by atoms with van der Waals surface area (Å²) in [6.07, 6.45) is 3.99. The van der Waals surface area contributed by atoms with E-state index in [-0.39, 0.29) is 5.91 Å². The van der Waals surface area contributed by atoms with E-state index in [4.69, 9.17) is 0 Å². The molecule has 0 spiro atoms. The van der Waals surface area contributed by atoms with Crippen LogP contribution in [0.15, 0.2) is 60.3 Å². The zero-order valence-electron chi connectivity index (χ0n) is 10.7. The number of allylic oxidation sites excluding steroid dienone is 1. The number of fused-ring (bicyclic) bond motifs is 2. The minimum Gasteiger partial charge on any atom is -0.354 e. The molecule has 0 fully saturated rings. The van der Waals surface area contributed by atoms with Crippen molar-refractivity contribution in [1.29, 1.82) is 0 Å². The van der Waals surface area contributed by atoms with Gasteiger partial charge in [0.25, 0.3) is 5.91 Å². The van der Waals surface area contributed by atoms with Crippen molar-refractivity contribution in [3.05, 3.63) is 71.4 Å². The Kier molecular flexibility index (Phi) is 2.27. The molecule has 0 saturated carbocycles. The number of para-hydroxylation sites is 2. The number of carbonyl (C=O) groups excluding carboxylic acids is 1. The molecule has 2 aromatic rings. The summed E-state index contributed by atoms with van der Waals surface area (Å²) in [5, 5.41) is 6.24. The average Bonchev–Trinajstić information content (AvgIpc) is 2.82. The van der Waals surface area contributed by atoms with Crippen molar-refractivity contribution >= 4 is 28.9 Å². The van der Waals surface area contributed by atoms with Crippen molar-refractivity contribution < 1.29 is 4.79 Å². The van der Waals surface area contributed by atoms with Crippen LogP contribution in [0.3, 0.4) is 0 Å². The van der Waals surface area contributed by atoms with Gasteiger partial charge in [-0.15, -0.1) is 0 Å². The first kappa shape index (κ1) is 11.1. The summed E-state index contributed by atoms with van der Waals surface area (Å²) in [5.41, 5.74) is 5.51. The second-order valence-corrected chi connectivity index (χ2v) is 4.83. The summed E-state index contributed by atoms with van der Waals surface area (Å²) in [7, 11) is 0. The normalized spacial score (nSPS) is 19.1. The molecule has 0 bridgehead atoms. The van der Waals surface area contributed by atoms with Gasteiger partial charge in [0.2, 0.25) is 0 Å². The van der Waals surface area contributed by atoms with Crippen LogP contribution in [0.25, 0.3) is 11.6 Å². The maximum absolute atomic E-state index is 12.2. The van der Waals surface area contributed by atoms with Gasteiger partial charge in [-0.1, -0.05) is 42.5 Å². The fourth-order valence-electron chi connectivity index (χ4n) is 2.65. The standard InChI is InChI=1S/C17H12N2O/c20-17-16(12-6-2-4-8-14(12)19-17)15-10-9-11-5-1-3-7-13(11)18-15/h1-10,18H,(H,19,20). The first-order valence-corrected chi connectivity index (χ1v) is 6.52. The highest BCUT2D eigenvalue weighted by molar-refractivity contribution is 6.33. The lowest BCUT2D eigenvalue weighted by atomic mass is 10.0. The fourth-order valence-corrected chi connectivity index (χ4v) is 2.65. The lowest BCUT2D eigenvalue weighted by molar-refractivity contribution is -0.110. The molecule has 3 heteroatoms. The highest BCUT2D eigenvalue weighted by atomic mass is 16.2. The monoisotopic (exact) mass is 260 g/mol. The number of carbonyl (C=O) groups is 1. The molecule has 3 nitrogen and oxygen atoms in total. The van der Waals surface area contributed by atoms with Gasteiger partial charge in [0.1, 0.15) is 0 Å². The van der Waals surface area contributed by atoms with E-state index >= 15 is 0 Å². The van der Waals surface area contributed by atoms with Crippen molar-refractivity contribution in [3.8, 4) is 0 Å². The predicted octanol–water partition coefficient (Wildman–Crippen LogP) is 3.49. The quantitative estimate of drug-likeness (QED) is 0.712. The van der Waals surface area contributed by atoms with E-state index in [1.165, 1.54) is 0 Å². The number of hydrogen-bond acceptors (Lipinski definition) is 2. The van der Waals surface area contributed by atoms with E-state index in [0.29, 0.717) is 5.57 Å². The van der Waals surface area contributed by atoms with E-state index in [2.05, 4.69) is 10.6 Å². The summed E-state index contributed by atoms with van der Waals surface area (Å²) in [6.45, 7) is 0. The number of hydrogen-bond donors (Lipinski definition) is 2. The Labute approximate surface area is 116 Å². The van der Waals surface area contributed by atoms with Crippen molar-refractivity contribution in [2.45, 2.75) is 0 Å². The molecular formula is C17H12N2O. The summed E-state index contributed by atoms with van der Waals surface area (Å²) in [5.74, 6) is -0.0577. The van der Waals surface area contributed by atoms with E-state index in [1.54, 1.807) is 0 Å². The summed E-state index contributed by atoms with van der Waals surface area (Å²) < 4.78 is 0. The minimum absolute atomic E-state index is 0.0577. The Morgan fingerprint density at radius 3 is 2.40 bits per heavy atom. The molecule has 2 aliphatic rings. The van der Waals surface area contributed by atoms with Crippen LogP contribution < -0.4 is 10.6 Å². The number of nitrogens with one attached hydrogen (secondary N) is 2. The first-order valence-electron chi connectivity index (χ1n) is 6.52. The lowest BCUT2D eigenvalue weighted by Crippen LogP contribution is -2.11. The van der Waals surface area contributed by atoms with Crippen LogP contribution in [0, 0.1) is 0 Å². The average molecular weight is 260 g/mol. The molecule has 2 aromatic carbocycles. The largest absolute Gasteiger partial charge is 0.354 e. The maximum atomic E-state index is 12.2. The maximum Gasteiger partial charge on any atom is 0.258 e. The van der Waals surface area contributed by atoms with Gasteiger partial charge in [-0.25, -0.2) is 0 Å². The van der Waals surface area contributed by atoms with Crippen LogP contribution in [0.4, 0.5) is 11.4 Å². The first-order chi connectivity index (χ1) is 9.83. The molecule has 0 radical (unpaired) electrons. The Morgan fingerprint density at radius 1 is 0.750 bits per heavy atom. The van der Waals surface area contributed by atoms with Crippen molar-refractivity contribution in [2.24, 2.45) is 0 Å². The molecule has 0 atom stereocenters. The molecule has 4 rings (SSSR count). The number of benzene rings is 2. The summed E-state index contributed by atoms with van der Waals surface area (Å²) >= 11 is 0. The van der Waals surface area contributed by atoms with Crippen LogP contribution in [0.2, 0.25) is 0 Å². The third-order valence-electron chi connectivity index (χ3n) is 3.60. The van der Waals surface area contributed by atoms with Crippen molar-refractivity contribution in [2.75, 3.05) is 10.6 Å². The van der Waals surface area contributed by atoms with Gasteiger partial charge in [0.05, 0.1) is 11.3 Å². The zero-order chi connectivity index (χ0) is 13.5. The van der Waals surface area contributed by atoms with E-state index in [1.807, 2.05) is 60.7 Å². The van der Waals surface area contributed by atoms with Gasteiger partial charge in [0, 0.05) is 16.9 Å². The van der Waals surface area contributed by atoms with Gasteiger partial charge in [-0.05, 0) is 23.8 Å². The Hall–Kier alpha value is -2.81. The van der Waals surface area contributed by atoms with Crippen molar-refractivity contribution in [3.63, 3.8) is 0 Å². The Morgan fingerprint density at radius 2 is 1.50 bits per heavy atom. The summed E-state index contributed by atoms with van der Waals surface area (Å²) in [6, 6.07) is 15.8. The molecule has 0 aliphatic carbocycles. The molecular weight excluding hydrogens is 248 g/mol. The number of amides is 1. The predicted molar refractivity (Wildman–Crippen MR) is 81.1 cm³/mol. The van der Waals surface area contributed by atoms with Crippen LogP contribution >= 0.6 is 0 Å². The number of anilines is 2. The Balaban J connectivity index is 1.88. The minimum atomic E-state index is -0.0577. The van der Waals surface area contributed by atoms with Crippen LogP contribution in [0.1, 0.15) is 11.1 Å². The third-order valence-corrected chi connectivity index (χ3v) is 3.60. The summed E-state index contributed by atoms with van der Waals surface area (Å²) in [4.78, 5) is 12.2. The topological polar surface area (TPSA) is 41.1 Å². The second kappa shape index (κ2) is 4.10. The van der Waals surface area contributed by atoms with E-state index in [0.717, 1.165) is 28.2 Å². The zero-order valence-corrected chi connectivity index (χ0v) is 10.7. The van der Waals surface area contributed by atoms with Gasteiger partial charge in [-0.2, -0.15) is 0 Å². The smallest absolute Gasteiger partial charge is 0.258 e. The van der Waals surface area contributed by atoms with Crippen LogP contribution in [0.5, 0.6) is 0 Å². The SMILES string of the molecule is O=C1Nc2ccccc2C1=C1C=Cc2ccccc2N1. The van der Waals surface area contributed by atoms with Gasteiger partial charge in [0.15, 0.2) is 0 Å². The van der Waals surface area contributed by atoms with E-state index < -0.39 is 0 Å². The molecule has 2 heterocycles. The van der Waals surface area contributed by atoms with E-state index in [9.17, 15) is 4.79 Å². The molecule has 0 aromatic heterocycles. The van der Waals surface area contributed by atoms with Crippen LogP contribution in [-0.2, 0) is 4.79 Å². The third kappa shape index (κ3) is 1.57. The van der Waals surface area contributed by atoms with Gasteiger partial charge in [-0.3, -0.25) is 4.79 Å². The molecule has 0 saturated heterocycles. The molecule has 2 N–H and O–H groups in total. The fraction of sp³-hybridized carbons (Fsp3) is 0. The van der Waals surface area contributed by atoms with Crippen molar-refractivity contribution in [1.82, 2.24) is 0 Å². The second-order valence-electron chi connectivity index (χ2n) is 4.83. The Bertz CT molecular complexity index is 787. The molecule has 96 valence electrons. The molecule has 20 heavy (non-hydrogen) atoms. The van der Waals surface area contributed by atoms with Gasteiger partial charge >= 0.3 is 0 Å². The van der Waals surface area contributed by atoms with Gasteiger partial charge < -0.3 is 10.6 Å². The molecule has 2 aliphatic heterocycles. The van der Waals surface area contributed by atoms with Crippen LogP contribution in [-0.4, -0.2) is 5.91 Å². The lowest BCUT2D eigenvalue weighted by Gasteiger charge is -2.17. The highest BCUT2D eigenvalue weighted by Crippen LogP contribution is 2.36. The number of rotatable bonds is 0. The highest BCUT2D eigenvalue weighted by Gasteiger charge is 2.27. The molecule has 1 amide bonds.